The van der Waals surface area contributed by atoms with Crippen LogP contribution < -0.4 is 0 Å². The third kappa shape index (κ3) is 4.26. The van der Waals surface area contributed by atoms with Gasteiger partial charge in [0.05, 0.1) is 23.7 Å². The first kappa shape index (κ1) is 20.0. The quantitative estimate of drug-likeness (QED) is 0.391. The van der Waals surface area contributed by atoms with Crippen molar-refractivity contribution in [1.29, 1.82) is 0 Å². The number of ether oxygens (including phenoxy) is 1. The molecule has 2 heterocycles. The van der Waals surface area contributed by atoms with E-state index >= 15 is 0 Å². The predicted octanol–water partition coefficient (Wildman–Crippen LogP) is 4.59. The number of aldehydes is 1. The van der Waals surface area contributed by atoms with Crippen molar-refractivity contribution in [2.24, 2.45) is 0 Å². The Labute approximate surface area is 155 Å². The first-order valence-electron chi connectivity index (χ1n) is 9.39. The van der Waals surface area contributed by atoms with Crippen molar-refractivity contribution in [3.05, 3.63) is 33.6 Å². The normalized spacial score (nSPS) is 11.0. The predicted molar refractivity (Wildman–Crippen MR) is 104 cm³/mol. The number of unbranched alkanes of at least 4 members (excludes halogenated alkanes) is 1. The zero-order valence-electron chi connectivity index (χ0n) is 16.5. The van der Waals surface area contributed by atoms with Crippen LogP contribution in [0.15, 0.2) is 0 Å². The molecule has 0 aliphatic rings. The number of esters is 1. The van der Waals surface area contributed by atoms with E-state index in [2.05, 4.69) is 30.7 Å². The van der Waals surface area contributed by atoms with E-state index in [-0.39, 0.29) is 5.97 Å². The summed E-state index contributed by atoms with van der Waals surface area (Å²) in [5.41, 5.74) is 8.58. The summed E-state index contributed by atoms with van der Waals surface area (Å²) in [6.45, 7) is 10.2. The first-order chi connectivity index (χ1) is 12.4. The summed E-state index contributed by atoms with van der Waals surface area (Å²) in [5.74, 6) is -0.262. The number of carbonyl (C=O) groups excluding carboxylic acids is 2. The van der Waals surface area contributed by atoms with E-state index in [1.54, 1.807) is 0 Å². The van der Waals surface area contributed by atoms with E-state index in [4.69, 9.17) is 4.74 Å². The highest BCUT2D eigenvalue weighted by Crippen LogP contribution is 2.33. The van der Waals surface area contributed by atoms with Gasteiger partial charge in [0.25, 0.3) is 0 Å². The molecule has 0 radical (unpaired) electrons. The van der Waals surface area contributed by atoms with Gasteiger partial charge < -0.3 is 14.7 Å². The molecule has 0 amide bonds. The topological polar surface area (TPSA) is 75.0 Å². The third-order valence-electron chi connectivity index (χ3n) is 5.07. The van der Waals surface area contributed by atoms with Crippen LogP contribution >= 0.6 is 0 Å². The lowest BCUT2D eigenvalue weighted by Crippen LogP contribution is -2.02. The molecule has 5 heteroatoms. The number of hydrogen-bond acceptors (Lipinski definition) is 3. The number of aromatic nitrogens is 2. The standard InChI is InChI=1S/C21H30N2O3/c1-6-7-9-17-13(2)15(4)22-20(17)21-18(10-8-11-26-16(5)25)14(3)19(12-24)23-21/h12,22-23H,6-11H2,1-5H3. The van der Waals surface area contributed by atoms with Crippen LogP contribution in [0.3, 0.4) is 0 Å². The molecule has 2 aromatic rings. The van der Waals surface area contributed by atoms with Gasteiger partial charge in [-0.15, -0.1) is 0 Å². The van der Waals surface area contributed by atoms with Crippen molar-refractivity contribution in [2.75, 3.05) is 6.61 Å². The molecule has 0 saturated carbocycles. The van der Waals surface area contributed by atoms with E-state index in [0.717, 1.165) is 66.6 Å². The molecule has 0 unspecified atom stereocenters. The molecular formula is C21H30N2O3. The van der Waals surface area contributed by atoms with Gasteiger partial charge in [-0.05, 0) is 68.7 Å². The summed E-state index contributed by atoms with van der Waals surface area (Å²) in [5, 5.41) is 0. The van der Waals surface area contributed by atoms with Gasteiger partial charge in [-0.2, -0.15) is 0 Å². The van der Waals surface area contributed by atoms with Crippen LogP contribution in [0.2, 0.25) is 0 Å². The zero-order valence-corrected chi connectivity index (χ0v) is 16.5. The van der Waals surface area contributed by atoms with Crippen molar-refractivity contribution < 1.29 is 14.3 Å². The lowest BCUT2D eigenvalue weighted by molar-refractivity contribution is -0.141. The van der Waals surface area contributed by atoms with Crippen LogP contribution in [0.4, 0.5) is 0 Å². The Bertz CT molecular complexity index is 784. The van der Waals surface area contributed by atoms with Gasteiger partial charge in [0.1, 0.15) is 0 Å². The monoisotopic (exact) mass is 358 g/mol. The van der Waals surface area contributed by atoms with Crippen LogP contribution in [0.1, 0.15) is 71.5 Å². The highest BCUT2D eigenvalue weighted by Gasteiger charge is 2.20. The van der Waals surface area contributed by atoms with Crippen molar-refractivity contribution in [3.63, 3.8) is 0 Å². The number of rotatable bonds is 9. The molecule has 26 heavy (non-hydrogen) atoms. The number of nitrogens with one attached hydrogen (secondary N) is 2. The number of H-pyrrole nitrogens is 2. The molecule has 0 atom stereocenters. The lowest BCUT2D eigenvalue weighted by Gasteiger charge is -2.08. The molecule has 0 aliphatic carbocycles. The van der Waals surface area contributed by atoms with Gasteiger partial charge in [0.2, 0.25) is 0 Å². The van der Waals surface area contributed by atoms with Crippen LogP contribution in [0.25, 0.3) is 11.4 Å². The van der Waals surface area contributed by atoms with Crippen molar-refractivity contribution in [2.45, 2.75) is 66.7 Å². The largest absolute Gasteiger partial charge is 0.466 e. The Balaban J connectivity index is 2.40. The summed E-state index contributed by atoms with van der Waals surface area (Å²) in [6.07, 6.45) is 5.65. The van der Waals surface area contributed by atoms with Crippen LogP contribution in [0.5, 0.6) is 0 Å². The Morgan fingerprint density at radius 3 is 2.23 bits per heavy atom. The third-order valence-corrected chi connectivity index (χ3v) is 5.07. The molecule has 2 aromatic heterocycles. The molecule has 0 aliphatic heterocycles. The maximum Gasteiger partial charge on any atom is 0.302 e. The molecule has 0 spiro atoms. The van der Waals surface area contributed by atoms with Crippen LogP contribution in [-0.4, -0.2) is 28.8 Å². The van der Waals surface area contributed by atoms with Gasteiger partial charge in [-0.1, -0.05) is 13.3 Å². The number of hydrogen-bond donors (Lipinski definition) is 2. The van der Waals surface area contributed by atoms with Gasteiger partial charge >= 0.3 is 5.97 Å². The molecule has 0 bridgehead atoms. The summed E-state index contributed by atoms with van der Waals surface area (Å²) >= 11 is 0. The molecule has 142 valence electrons. The highest BCUT2D eigenvalue weighted by atomic mass is 16.5. The number of carbonyl (C=O) groups is 2. The summed E-state index contributed by atoms with van der Waals surface area (Å²) in [6, 6.07) is 0. The molecule has 0 fully saturated rings. The van der Waals surface area contributed by atoms with Crippen molar-refractivity contribution in [3.8, 4) is 11.4 Å². The highest BCUT2D eigenvalue weighted by molar-refractivity contribution is 5.80. The smallest absolute Gasteiger partial charge is 0.302 e. The molecule has 5 nitrogen and oxygen atoms in total. The summed E-state index contributed by atoms with van der Waals surface area (Å²) in [7, 11) is 0. The van der Waals surface area contributed by atoms with Gasteiger partial charge in [-0.3, -0.25) is 9.59 Å². The Kier molecular flexibility index (Phi) is 6.83. The van der Waals surface area contributed by atoms with Crippen LogP contribution in [-0.2, 0) is 22.4 Å². The Morgan fingerprint density at radius 1 is 1.00 bits per heavy atom. The van der Waals surface area contributed by atoms with Crippen molar-refractivity contribution in [1.82, 2.24) is 9.97 Å². The summed E-state index contributed by atoms with van der Waals surface area (Å²) in [4.78, 5) is 29.3. The number of aromatic amines is 2. The van der Waals surface area contributed by atoms with E-state index < -0.39 is 0 Å². The molecule has 0 saturated heterocycles. The second-order valence-electron chi connectivity index (χ2n) is 6.91. The number of aryl methyl sites for hydroxylation is 1. The molecule has 2 N–H and O–H groups in total. The van der Waals surface area contributed by atoms with E-state index in [9.17, 15) is 9.59 Å². The Morgan fingerprint density at radius 2 is 1.62 bits per heavy atom. The van der Waals surface area contributed by atoms with E-state index in [1.807, 2.05) is 6.92 Å². The maximum absolute atomic E-state index is 11.5. The van der Waals surface area contributed by atoms with Gasteiger partial charge in [0, 0.05) is 12.6 Å². The SMILES string of the molecule is CCCCc1c(-c2[nH]c(C=O)c(C)c2CCCOC(C)=O)[nH]c(C)c1C. The summed E-state index contributed by atoms with van der Waals surface area (Å²) < 4.78 is 5.06. The minimum atomic E-state index is -0.262. The van der Waals surface area contributed by atoms with E-state index in [1.165, 1.54) is 18.1 Å². The fourth-order valence-corrected chi connectivity index (χ4v) is 3.41. The molecular weight excluding hydrogens is 328 g/mol. The first-order valence-corrected chi connectivity index (χ1v) is 9.39. The lowest BCUT2D eigenvalue weighted by atomic mass is 9.98. The minimum Gasteiger partial charge on any atom is -0.466 e. The zero-order chi connectivity index (χ0) is 19.3. The second kappa shape index (κ2) is 8.88. The van der Waals surface area contributed by atoms with E-state index in [0.29, 0.717) is 12.3 Å². The molecule has 2 rings (SSSR count). The minimum absolute atomic E-state index is 0.262. The average Bonchev–Trinajstić information content (AvgIpc) is 3.07. The Hall–Kier alpha value is -2.30. The maximum atomic E-state index is 11.5. The van der Waals surface area contributed by atoms with Gasteiger partial charge in [0.15, 0.2) is 6.29 Å². The van der Waals surface area contributed by atoms with Crippen LogP contribution in [0, 0.1) is 20.8 Å². The van der Waals surface area contributed by atoms with Gasteiger partial charge in [-0.25, -0.2) is 0 Å². The fourth-order valence-electron chi connectivity index (χ4n) is 3.41. The van der Waals surface area contributed by atoms with Crippen molar-refractivity contribution >= 4 is 12.3 Å². The second-order valence-corrected chi connectivity index (χ2v) is 6.91. The average molecular weight is 358 g/mol. The molecule has 0 aromatic carbocycles. The fraction of sp³-hybridized carbons (Fsp3) is 0.524.